The molecule has 0 saturated carbocycles. The number of hydrogen-bond donors (Lipinski definition) is 2. The molecule has 1 aromatic heterocycles. The Labute approximate surface area is 121 Å². The van der Waals surface area contributed by atoms with E-state index in [1.54, 1.807) is 25.3 Å². The quantitative estimate of drug-likeness (QED) is 0.847. The van der Waals surface area contributed by atoms with Gasteiger partial charge in [-0.05, 0) is 24.3 Å². The first kappa shape index (κ1) is 13.8. The maximum Gasteiger partial charge on any atom is 0.151 e. The van der Waals surface area contributed by atoms with Gasteiger partial charge in [-0.2, -0.15) is 0 Å². The molecule has 3 N–H and O–H groups in total. The van der Waals surface area contributed by atoms with Crippen molar-refractivity contribution in [3.8, 4) is 5.75 Å². The molecule has 19 heavy (non-hydrogen) atoms. The fraction of sp³-hybridized carbons (Fsp3) is 0.154. The van der Waals surface area contributed by atoms with Crippen LogP contribution < -0.4 is 15.8 Å². The van der Waals surface area contributed by atoms with Crippen molar-refractivity contribution in [1.29, 1.82) is 0 Å². The van der Waals surface area contributed by atoms with Crippen molar-refractivity contribution in [3.05, 3.63) is 46.1 Å². The zero-order valence-corrected chi connectivity index (χ0v) is 11.8. The number of ether oxygens (including phenoxy) is 1. The van der Waals surface area contributed by atoms with Gasteiger partial charge in [0.15, 0.2) is 5.82 Å². The van der Waals surface area contributed by atoms with Gasteiger partial charge in [0.25, 0.3) is 0 Å². The van der Waals surface area contributed by atoms with E-state index in [1.807, 2.05) is 12.1 Å². The Morgan fingerprint density at radius 2 is 2.05 bits per heavy atom. The summed E-state index contributed by atoms with van der Waals surface area (Å²) in [7, 11) is 1.60. The molecule has 0 unspecified atom stereocenters. The molecular weight excluding hydrogens is 285 g/mol. The summed E-state index contributed by atoms with van der Waals surface area (Å²) < 4.78 is 5.27. The van der Waals surface area contributed by atoms with Crippen molar-refractivity contribution >= 4 is 34.7 Å². The number of rotatable bonds is 4. The molecule has 6 heteroatoms. The molecule has 0 fully saturated rings. The summed E-state index contributed by atoms with van der Waals surface area (Å²) in [5.74, 6) is 1.23. The summed E-state index contributed by atoms with van der Waals surface area (Å²) in [6.45, 7) is 0.445. The predicted octanol–water partition coefficient (Wildman–Crippen LogP) is 3.59. The van der Waals surface area contributed by atoms with Crippen LogP contribution in [0.25, 0.3) is 0 Å². The predicted molar refractivity (Wildman–Crippen MR) is 79.0 cm³/mol. The molecule has 0 amide bonds. The van der Waals surface area contributed by atoms with Gasteiger partial charge in [0.2, 0.25) is 0 Å². The molecule has 0 radical (unpaired) electrons. The Hall–Kier alpha value is -1.65. The van der Waals surface area contributed by atoms with E-state index >= 15 is 0 Å². The summed E-state index contributed by atoms with van der Waals surface area (Å²) in [5, 5.41) is 4.10. The lowest BCUT2D eigenvalue weighted by molar-refractivity contribution is 0.410. The molecule has 0 saturated heterocycles. The number of methoxy groups -OCH3 is 1. The number of nitrogen functional groups attached to an aromatic ring is 1. The molecule has 100 valence electrons. The van der Waals surface area contributed by atoms with Crippen molar-refractivity contribution in [2.45, 2.75) is 6.54 Å². The SMILES string of the molecule is COc1cccc(Cl)c1CNc1nc(Cl)ccc1N. The molecular formula is C13H13Cl2N3O. The Morgan fingerprint density at radius 1 is 1.26 bits per heavy atom. The van der Waals surface area contributed by atoms with E-state index in [0.717, 1.165) is 5.56 Å². The zero-order chi connectivity index (χ0) is 13.8. The van der Waals surface area contributed by atoms with Crippen molar-refractivity contribution in [2.75, 3.05) is 18.2 Å². The van der Waals surface area contributed by atoms with Crippen LogP contribution in [-0.2, 0) is 6.54 Å². The van der Waals surface area contributed by atoms with Crippen LogP contribution in [0.15, 0.2) is 30.3 Å². The molecule has 1 aromatic carbocycles. The summed E-state index contributed by atoms with van der Waals surface area (Å²) in [6, 6.07) is 8.81. The number of nitrogens with two attached hydrogens (primary N) is 1. The first-order valence-electron chi connectivity index (χ1n) is 5.59. The number of pyridine rings is 1. The lowest BCUT2D eigenvalue weighted by Gasteiger charge is -2.13. The van der Waals surface area contributed by atoms with Gasteiger partial charge in [-0.15, -0.1) is 0 Å². The van der Waals surface area contributed by atoms with Gasteiger partial charge in [-0.25, -0.2) is 4.98 Å². The summed E-state index contributed by atoms with van der Waals surface area (Å²) >= 11 is 12.0. The van der Waals surface area contributed by atoms with Crippen molar-refractivity contribution in [2.24, 2.45) is 0 Å². The highest BCUT2D eigenvalue weighted by Gasteiger charge is 2.09. The minimum absolute atomic E-state index is 0.378. The number of nitrogens with zero attached hydrogens (tertiary/aromatic N) is 1. The van der Waals surface area contributed by atoms with Crippen molar-refractivity contribution in [1.82, 2.24) is 4.98 Å². The van der Waals surface area contributed by atoms with Gasteiger partial charge in [0.1, 0.15) is 10.9 Å². The number of nitrogens with one attached hydrogen (secondary N) is 1. The second-order valence-corrected chi connectivity index (χ2v) is 4.64. The Bertz CT molecular complexity index is 590. The average molecular weight is 298 g/mol. The van der Waals surface area contributed by atoms with Crippen LogP contribution in [0.1, 0.15) is 5.56 Å². The van der Waals surface area contributed by atoms with E-state index in [-0.39, 0.29) is 0 Å². The molecule has 0 bridgehead atoms. The summed E-state index contributed by atoms with van der Waals surface area (Å²) in [4.78, 5) is 4.12. The van der Waals surface area contributed by atoms with E-state index in [2.05, 4.69) is 10.3 Å². The maximum atomic E-state index is 6.15. The third kappa shape index (κ3) is 3.22. The van der Waals surface area contributed by atoms with Gasteiger partial charge in [0.05, 0.1) is 12.8 Å². The molecule has 1 heterocycles. The van der Waals surface area contributed by atoms with Crippen LogP contribution in [0, 0.1) is 0 Å². The van der Waals surface area contributed by atoms with Crippen LogP contribution in [0.5, 0.6) is 5.75 Å². The minimum Gasteiger partial charge on any atom is -0.496 e. The van der Waals surface area contributed by atoms with Gasteiger partial charge in [-0.1, -0.05) is 29.3 Å². The Kier molecular flexibility index (Phi) is 4.35. The second-order valence-electron chi connectivity index (χ2n) is 3.85. The number of hydrogen-bond acceptors (Lipinski definition) is 4. The van der Waals surface area contributed by atoms with Crippen LogP contribution >= 0.6 is 23.2 Å². The van der Waals surface area contributed by atoms with E-state index in [0.29, 0.717) is 34.0 Å². The highest BCUT2D eigenvalue weighted by molar-refractivity contribution is 6.31. The summed E-state index contributed by atoms with van der Waals surface area (Å²) in [5.41, 5.74) is 7.18. The normalized spacial score (nSPS) is 10.3. The monoisotopic (exact) mass is 297 g/mol. The topological polar surface area (TPSA) is 60.2 Å². The molecule has 0 atom stereocenters. The van der Waals surface area contributed by atoms with Gasteiger partial charge in [0, 0.05) is 17.1 Å². The number of halogens is 2. The Morgan fingerprint density at radius 3 is 2.79 bits per heavy atom. The van der Waals surface area contributed by atoms with Crippen LogP contribution in [0.4, 0.5) is 11.5 Å². The number of aromatic nitrogens is 1. The first-order chi connectivity index (χ1) is 9.11. The van der Waals surface area contributed by atoms with Crippen LogP contribution in [0.3, 0.4) is 0 Å². The lowest BCUT2D eigenvalue weighted by atomic mass is 10.2. The Balaban J connectivity index is 2.21. The van der Waals surface area contributed by atoms with Crippen LogP contribution in [0.2, 0.25) is 10.2 Å². The van der Waals surface area contributed by atoms with Crippen molar-refractivity contribution < 1.29 is 4.74 Å². The fourth-order valence-corrected chi connectivity index (χ4v) is 2.04. The first-order valence-corrected chi connectivity index (χ1v) is 6.34. The van der Waals surface area contributed by atoms with E-state index < -0.39 is 0 Å². The zero-order valence-electron chi connectivity index (χ0n) is 10.3. The maximum absolute atomic E-state index is 6.15. The molecule has 0 spiro atoms. The number of benzene rings is 1. The van der Waals surface area contributed by atoms with E-state index in [9.17, 15) is 0 Å². The molecule has 2 rings (SSSR count). The third-order valence-corrected chi connectivity index (χ3v) is 3.19. The molecule has 0 aliphatic carbocycles. The lowest BCUT2D eigenvalue weighted by Crippen LogP contribution is -2.06. The smallest absolute Gasteiger partial charge is 0.151 e. The fourth-order valence-electron chi connectivity index (χ4n) is 1.66. The van der Waals surface area contributed by atoms with Crippen molar-refractivity contribution in [3.63, 3.8) is 0 Å². The van der Waals surface area contributed by atoms with E-state index in [1.165, 1.54) is 0 Å². The molecule has 4 nitrogen and oxygen atoms in total. The molecule has 0 aliphatic rings. The molecule has 0 aliphatic heterocycles. The minimum atomic E-state index is 0.378. The standard InChI is InChI=1S/C13H13Cl2N3O/c1-19-11-4-2-3-9(14)8(11)7-17-13-10(16)5-6-12(15)18-13/h2-6H,7,16H2,1H3,(H,17,18). The van der Waals surface area contributed by atoms with Gasteiger partial charge in [-0.3, -0.25) is 0 Å². The molecule has 2 aromatic rings. The summed E-state index contributed by atoms with van der Waals surface area (Å²) in [6.07, 6.45) is 0. The van der Waals surface area contributed by atoms with Gasteiger partial charge < -0.3 is 15.8 Å². The second kappa shape index (κ2) is 5.99. The highest BCUT2D eigenvalue weighted by Crippen LogP contribution is 2.28. The average Bonchev–Trinajstić information content (AvgIpc) is 2.40. The number of anilines is 2. The highest BCUT2D eigenvalue weighted by atomic mass is 35.5. The third-order valence-electron chi connectivity index (χ3n) is 2.62. The van der Waals surface area contributed by atoms with Crippen LogP contribution in [-0.4, -0.2) is 12.1 Å². The largest absolute Gasteiger partial charge is 0.496 e. The van der Waals surface area contributed by atoms with Gasteiger partial charge >= 0.3 is 0 Å². The van der Waals surface area contributed by atoms with E-state index in [4.69, 9.17) is 33.7 Å².